The highest BCUT2D eigenvalue weighted by atomic mass is 19.4. The topological polar surface area (TPSA) is 84.3 Å². The summed E-state index contributed by atoms with van der Waals surface area (Å²) in [6.45, 7) is 2.48. The molecule has 2 aromatic rings. The van der Waals surface area contributed by atoms with Crippen LogP contribution in [0.4, 0.5) is 19.1 Å². The number of hydrogen-bond donors (Lipinski definition) is 0. The number of methoxy groups -OCH3 is 1. The fourth-order valence-electron chi connectivity index (χ4n) is 4.14. The van der Waals surface area contributed by atoms with E-state index in [2.05, 4.69) is 19.9 Å². The fourth-order valence-corrected chi connectivity index (χ4v) is 4.14. The van der Waals surface area contributed by atoms with Crippen LogP contribution in [-0.2, 0) is 17.4 Å². The Kier molecular flexibility index (Phi) is 5.20. The van der Waals surface area contributed by atoms with Gasteiger partial charge < -0.3 is 14.5 Å². The first kappa shape index (κ1) is 20.3. The van der Waals surface area contributed by atoms with Crippen LogP contribution in [0.3, 0.4) is 0 Å². The molecule has 30 heavy (non-hydrogen) atoms. The number of likely N-dealkylation sites (tertiary alicyclic amines) is 1. The van der Waals surface area contributed by atoms with Crippen molar-refractivity contribution in [3.63, 3.8) is 0 Å². The Hall–Kier alpha value is -2.98. The predicted molar refractivity (Wildman–Crippen MR) is 99.9 cm³/mol. The van der Waals surface area contributed by atoms with Crippen molar-refractivity contribution < 1.29 is 22.7 Å². The average molecular weight is 422 g/mol. The summed E-state index contributed by atoms with van der Waals surface area (Å²) in [5.41, 5.74) is -0.707. The minimum atomic E-state index is -4.53. The number of amides is 1. The van der Waals surface area contributed by atoms with Crippen molar-refractivity contribution >= 4 is 11.9 Å². The van der Waals surface area contributed by atoms with E-state index in [1.807, 2.05) is 4.90 Å². The second-order valence-electron chi connectivity index (χ2n) is 7.39. The van der Waals surface area contributed by atoms with E-state index in [-0.39, 0.29) is 42.5 Å². The van der Waals surface area contributed by atoms with Crippen molar-refractivity contribution in [2.75, 3.05) is 25.1 Å². The molecule has 0 radical (unpaired) electrons. The summed E-state index contributed by atoms with van der Waals surface area (Å²) >= 11 is 0. The highest BCUT2D eigenvalue weighted by Gasteiger charge is 2.47. The molecule has 0 aromatic carbocycles. The zero-order valence-corrected chi connectivity index (χ0v) is 16.6. The first-order valence-electron chi connectivity index (χ1n) is 9.60. The zero-order valence-electron chi connectivity index (χ0n) is 16.6. The number of nitrogens with zero attached hydrogens (tertiary/aromatic N) is 6. The van der Waals surface area contributed by atoms with Crippen LogP contribution in [0.2, 0.25) is 0 Å². The normalized spacial score (nSPS) is 21.3. The lowest BCUT2D eigenvalue weighted by atomic mass is 10.1. The molecular weight excluding hydrogens is 401 g/mol. The monoisotopic (exact) mass is 422 g/mol. The van der Waals surface area contributed by atoms with Gasteiger partial charge in [-0.3, -0.25) is 4.79 Å². The van der Waals surface area contributed by atoms with Gasteiger partial charge in [-0.15, -0.1) is 0 Å². The lowest BCUT2D eigenvalue weighted by Crippen LogP contribution is -2.39. The number of carbonyl (C=O) groups is 1. The number of carbonyl (C=O) groups excluding carboxylic acids is 1. The fraction of sp³-hybridized carbons (Fsp3) is 0.526. The third kappa shape index (κ3) is 3.88. The third-order valence-corrected chi connectivity index (χ3v) is 5.49. The molecule has 0 saturated carbocycles. The van der Waals surface area contributed by atoms with Crippen LogP contribution in [0.5, 0.6) is 5.75 Å². The Morgan fingerprint density at radius 2 is 1.93 bits per heavy atom. The maximum atomic E-state index is 13.0. The number of aryl methyl sites for hydroxylation is 1. The largest absolute Gasteiger partial charge is 0.494 e. The van der Waals surface area contributed by atoms with Gasteiger partial charge in [-0.1, -0.05) is 0 Å². The number of aromatic nitrogens is 4. The quantitative estimate of drug-likeness (QED) is 0.729. The number of halogens is 3. The van der Waals surface area contributed by atoms with E-state index in [4.69, 9.17) is 4.74 Å². The standard InChI is InChI=1S/C19H21F3N6O2/c1-11-7-15(19(20,21)22)26-16(25-11)4-6-27-13-3-5-28(14(13)8-17(27)29)18-23-9-12(30-2)10-24-18/h7,9-10,13-14H,3-6,8H2,1-2H3/t13-,14-/m0/s1. The minimum Gasteiger partial charge on any atom is -0.494 e. The van der Waals surface area contributed by atoms with E-state index in [1.54, 1.807) is 17.3 Å². The van der Waals surface area contributed by atoms with Gasteiger partial charge in [0.15, 0.2) is 5.75 Å². The summed E-state index contributed by atoms with van der Waals surface area (Å²) in [4.78, 5) is 32.7. The molecule has 160 valence electrons. The second kappa shape index (κ2) is 7.69. The van der Waals surface area contributed by atoms with Crippen molar-refractivity contribution in [3.8, 4) is 5.75 Å². The number of ether oxygens (including phenoxy) is 1. The van der Waals surface area contributed by atoms with Gasteiger partial charge in [-0.25, -0.2) is 19.9 Å². The van der Waals surface area contributed by atoms with Crippen LogP contribution in [0, 0.1) is 6.92 Å². The number of rotatable bonds is 5. The first-order valence-corrected chi connectivity index (χ1v) is 9.60. The van der Waals surface area contributed by atoms with Crippen molar-refractivity contribution in [2.45, 2.75) is 44.4 Å². The Labute approximate surface area is 171 Å². The maximum Gasteiger partial charge on any atom is 0.433 e. The maximum absolute atomic E-state index is 13.0. The van der Waals surface area contributed by atoms with E-state index in [0.29, 0.717) is 24.7 Å². The molecule has 4 heterocycles. The molecule has 2 aliphatic heterocycles. The molecule has 2 atom stereocenters. The predicted octanol–water partition coefficient (Wildman–Crippen LogP) is 2.02. The van der Waals surface area contributed by atoms with E-state index in [1.165, 1.54) is 14.0 Å². The number of fused-ring (bicyclic) bond motifs is 1. The molecule has 1 amide bonds. The molecule has 11 heteroatoms. The molecule has 2 saturated heterocycles. The number of hydrogen-bond acceptors (Lipinski definition) is 7. The van der Waals surface area contributed by atoms with E-state index >= 15 is 0 Å². The molecule has 0 bridgehead atoms. The Bertz CT molecular complexity index is 937. The van der Waals surface area contributed by atoms with Crippen LogP contribution < -0.4 is 9.64 Å². The molecule has 0 aliphatic carbocycles. The molecule has 2 aromatic heterocycles. The SMILES string of the molecule is COc1cnc(N2CC[C@H]3[C@@H]2CC(=O)N3CCc2nc(C)cc(C(F)(F)F)n2)nc1. The van der Waals surface area contributed by atoms with Crippen LogP contribution >= 0.6 is 0 Å². The minimum absolute atomic E-state index is 0.0323. The molecule has 0 unspecified atom stereocenters. The summed E-state index contributed by atoms with van der Waals surface area (Å²) in [6, 6.07) is 0.828. The van der Waals surface area contributed by atoms with Gasteiger partial charge in [-0.05, 0) is 19.4 Å². The van der Waals surface area contributed by atoms with Crippen molar-refractivity contribution in [3.05, 3.63) is 35.7 Å². The van der Waals surface area contributed by atoms with Gasteiger partial charge in [0.2, 0.25) is 11.9 Å². The van der Waals surface area contributed by atoms with Gasteiger partial charge in [0.05, 0.1) is 31.6 Å². The number of alkyl halides is 3. The highest BCUT2D eigenvalue weighted by Crippen LogP contribution is 2.34. The van der Waals surface area contributed by atoms with E-state index < -0.39 is 11.9 Å². The molecule has 4 rings (SSSR count). The molecule has 2 fully saturated rings. The van der Waals surface area contributed by atoms with Crippen LogP contribution in [-0.4, -0.2) is 63.0 Å². The summed E-state index contributed by atoms with van der Waals surface area (Å²) in [5.74, 6) is 1.14. The summed E-state index contributed by atoms with van der Waals surface area (Å²) in [7, 11) is 1.54. The lowest BCUT2D eigenvalue weighted by Gasteiger charge is -2.25. The van der Waals surface area contributed by atoms with Crippen molar-refractivity contribution in [2.24, 2.45) is 0 Å². The van der Waals surface area contributed by atoms with Crippen molar-refractivity contribution in [1.29, 1.82) is 0 Å². The van der Waals surface area contributed by atoms with Gasteiger partial charge in [0, 0.05) is 31.6 Å². The molecular formula is C19H21F3N6O2. The Balaban J connectivity index is 1.45. The highest BCUT2D eigenvalue weighted by molar-refractivity contribution is 5.81. The van der Waals surface area contributed by atoms with Gasteiger partial charge in [0.1, 0.15) is 11.5 Å². The lowest BCUT2D eigenvalue weighted by molar-refractivity contribution is -0.141. The second-order valence-corrected chi connectivity index (χ2v) is 7.39. The Morgan fingerprint density at radius 3 is 2.60 bits per heavy atom. The van der Waals surface area contributed by atoms with E-state index in [0.717, 1.165) is 12.5 Å². The van der Waals surface area contributed by atoms with Gasteiger partial charge >= 0.3 is 6.18 Å². The van der Waals surface area contributed by atoms with Crippen LogP contribution in [0.1, 0.15) is 30.1 Å². The third-order valence-electron chi connectivity index (χ3n) is 5.49. The molecule has 0 spiro atoms. The van der Waals surface area contributed by atoms with Gasteiger partial charge in [0.25, 0.3) is 0 Å². The molecule has 2 aliphatic rings. The molecule has 0 N–H and O–H groups in total. The van der Waals surface area contributed by atoms with Crippen LogP contribution in [0.25, 0.3) is 0 Å². The van der Waals surface area contributed by atoms with E-state index in [9.17, 15) is 18.0 Å². The summed E-state index contributed by atoms with van der Waals surface area (Å²) in [6.07, 6.45) is -0.133. The zero-order chi connectivity index (χ0) is 21.5. The van der Waals surface area contributed by atoms with Gasteiger partial charge in [-0.2, -0.15) is 13.2 Å². The number of anilines is 1. The van der Waals surface area contributed by atoms with Crippen LogP contribution in [0.15, 0.2) is 18.5 Å². The first-order chi connectivity index (χ1) is 14.3. The molecule has 8 nitrogen and oxygen atoms in total. The average Bonchev–Trinajstić information content (AvgIpc) is 3.23. The summed E-state index contributed by atoms with van der Waals surface area (Å²) < 4.78 is 44.1. The smallest absolute Gasteiger partial charge is 0.433 e. The Morgan fingerprint density at radius 1 is 1.20 bits per heavy atom. The van der Waals surface area contributed by atoms with Crippen molar-refractivity contribution in [1.82, 2.24) is 24.8 Å². The summed E-state index contributed by atoms with van der Waals surface area (Å²) in [5, 5.41) is 0.